The third-order valence-corrected chi connectivity index (χ3v) is 1.81. The standard InChI is InChI=1S/C10H6F4O/c1-6(10(12,13)14)9-4-8(11)3-2-7(9)5-15/h2-5H,1H2. The number of halogens is 4. The van der Waals surface area contributed by atoms with Crippen LogP contribution in [0.4, 0.5) is 17.6 Å². The van der Waals surface area contributed by atoms with E-state index in [-0.39, 0.29) is 11.8 Å². The molecule has 1 nitrogen and oxygen atoms in total. The Labute approximate surface area is 83.0 Å². The van der Waals surface area contributed by atoms with Gasteiger partial charge in [0.05, 0.1) is 5.57 Å². The number of alkyl halides is 3. The van der Waals surface area contributed by atoms with Crippen LogP contribution in [0, 0.1) is 5.82 Å². The predicted octanol–water partition coefficient (Wildman–Crippen LogP) is 3.21. The molecule has 5 heteroatoms. The van der Waals surface area contributed by atoms with Gasteiger partial charge >= 0.3 is 6.18 Å². The highest BCUT2D eigenvalue weighted by atomic mass is 19.4. The molecule has 0 spiro atoms. The van der Waals surface area contributed by atoms with Crippen LogP contribution in [0.15, 0.2) is 24.8 Å². The van der Waals surface area contributed by atoms with Crippen molar-refractivity contribution in [1.82, 2.24) is 0 Å². The molecule has 0 aliphatic carbocycles. The summed E-state index contributed by atoms with van der Waals surface area (Å²) in [7, 11) is 0. The number of allylic oxidation sites excluding steroid dienone is 1. The molecular formula is C10H6F4O. The zero-order valence-electron chi connectivity index (χ0n) is 7.44. The SMILES string of the molecule is C=C(c1cc(F)ccc1C=O)C(F)(F)F. The monoisotopic (exact) mass is 218 g/mol. The van der Waals surface area contributed by atoms with E-state index in [0.29, 0.717) is 6.07 Å². The van der Waals surface area contributed by atoms with E-state index in [1.54, 1.807) is 0 Å². The molecule has 0 aliphatic heterocycles. The molecule has 0 unspecified atom stereocenters. The molecular weight excluding hydrogens is 212 g/mol. The number of aldehydes is 1. The van der Waals surface area contributed by atoms with Crippen molar-refractivity contribution in [2.75, 3.05) is 0 Å². The molecule has 0 fully saturated rings. The van der Waals surface area contributed by atoms with Crippen LogP contribution in [0.3, 0.4) is 0 Å². The molecule has 0 atom stereocenters. The minimum absolute atomic E-state index is 0.228. The molecule has 0 aromatic heterocycles. The van der Waals surface area contributed by atoms with Gasteiger partial charge in [-0.25, -0.2) is 4.39 Å². The number of carbonyl (C=O) groups excluding carboxylic acids is 1. The van der Waals surface area contributed by atoms with Crippen molar-refractivity contribution in [3.8, 4) is 0 Å². The summed E-state index contributed by atoms with van der Waals surface area (Å²) in [5.74, 6) is -0.846. The highest BCUT2D eigenvalue weighted by Crippen LogP contribution is 2.33. The minimum atomic E-state index is -4.68. The zero-order chi connectivity index (χ0) is 11.6. The second kappa shape index (κ2) is 3.84. The van der Waals surface area contributed by atoms with Crippen molar-refractivity contribution >= 4 is 11.9 Å². The lowest BCUT2D eigenvalue weighted by Gasteiger charge is -2.11. The zero-order valence-corrected chi connectivity index (χ0v) is 7.44. The molecule has 80 valence electrons. The molecule has 1 rings (SSSR count). The lowest BCUT2D eigenvalue weighted by atomic mass is 10.0. The molecule has 1 aromatic rings. The first-order chi connectivity index (χ1) is 6.86. The van der Waals surface area contributed by atoms with E-state index < -0.39 is 23.1 Å². The van der Waals surface area contributed by atoms with Gasteiger partial charge in [0.25, 0.3) is 0 Å². The fourth-order valence-electron chi connectivity index (χ4n) is 1.05. The van der Waals surface area contributed by atoms with E-state index >= 15 is 0 Å². The Morgan fingerprint density at radius 2 is 1.93 bits per heavy atom. The maximum atomic E-state index is 12.7. The van der Waals surface area contributed by atoms with Gasteiger partial charge in [0.15, 0.2) is 6.29 Å². The topological polar surface area (TPSA) is 17.1 Å². The fraction of sp³-hybridized carbons (Fsp3) is 0.100. The van der Waals surface area contributed by atoms with Crippen LogP contribution in [-0.2, 0) is 0 Å². The molecule has 1 aromatic carbocycles. The van der Waals surface area contributed by atoms with E-state index in [1.165, 1.54) is 0 Å². The third-order valence-electron chi connectivity index (χ3n) is 1.81. The number of rotatable bonds is 2. The van der Waals surface area contributed by atoms with Crippen molar-refractivity contribution in [2.45, 2.75) is 6.18 Å². The van der Waals surface area contributed by atoms with Gasteiger partial charge in [0.1, 0.15) is 5.82 Å². The van der Waals surface area contributed by atoms with E-state index in [4.69, 9.17) is 0 Å². The normalized spacial score (nSPS) is 11.2. The maximum Gasteiger partial charge on any atom is 0.416 e. The van der Waals surface area contributed by atoms with Gasteiger partial charge < -0.3 is 0 Å². The molecule has 0 radical (unpaired) electrons. The molecule has 0 heterocycles. The number of hydrogen-bond donors (Lipinski definition) is 0. The molecule has 0 aliphatic rings. The van der Waals surface area contributed by atoms with Crippen LogP contribution in [0.2, 0.25) is 0 Å². The predicted molar refractivity (Wildman–Crippen MR) is 46.9 cm³/mol. The number of hydrogen-bond acceptors (Lipinski definition) is 1. The largest absolute Gasteiger partial charge is 0.416 e. The Morgan fingerprint density at radius 1 is 1.33 bits per heavy atom. The fourth-order valence-corrected chi connectivity index (χ4v) is 1.05. The van der Waals surface area contributed by atoms with E-state index in [1.807, 2.05) is 0 Å². The Bertz CT molecular complexity index is 406. The Morgan fingerprint density at radius 3 is 2.40 bits per heavy atom. The van der Waals surface area contributed by atoms with Gasteiger partial charge in [-0.15, -0.1) is 0 Å². The first-order valence-electron chi connectivity index (χ1n) is 3.87. The Hall–Kier alpha value is -1.65. The van der Waals surface area contributed by atoms with Crippen LogP contribution in [0.1, 0.15) is 15.9 Å². The van der Waals surface area contributed by atoms with Gasteiger partial charge in [-0.05, 0) is 23.8 Å². The van der Waals surface area contributed by atoms with E-state index in [9.17, 15) is 22.4 Å². The van der Waals surface area contributed by atoms with Crippen molar-refractivity contribution in [2.24, 2.45) is 0 Å². The summed E-state index contributed by atoms with van der Waals surface area (Å²) >= 11 is 0. The summed E-state index contributed by atoms with van der Waals surface area (Å²) in [5.41, 5.74) is -2.00. The van der Waals surface area contributed by atoms with E-state index in [0.717, 1.165) is 12.1 Å². The van der Waals surface area contributed by atoms with Crippen LogP contribution in [0.25, 0.3) is 5.57 Å². The van der Waals surface area contributed by atoms with Crippen LogP contribution >= 0.6 is 0 Å². The number of carbonyl (C=O) groups is 1. The molecule has 0 saturated carbocycles. The molecule has 0 bridgehead atoms. The van der Waals surface area contributed by atoms with Crippen molar-refractivity contribution in [3.63, 3.8) is 0 Å². The van der Waals surface area contributed by atoms with Crippen LogP contribution in [-0.4, -0.2) is 12.5 Å². The summed E-state index contributed by atoms with van der Waals surface area (Å²) < 4.78 is 49.4. The molecule has 0 saturated heterocycles. The second-order valence-electron chi connectivity index (χ2n) is 2.83. The number of benzene rings is 1. The highest BCUT2D eigenvalue weighted by Gasteiger charge is 2.34. The quantitative estimate of drug-likeness (QED) is 0.550. The lowest BCUT2D eigenvalue weighted by Crippen LogP contribution is -2.11. The van der Waals surface area contributed by atoms with Gasteiger partial charge in [-0.1, -0.05) is 6.58 Å². The summed E-state index contributed by atoms with van der Waals surface area (Å²) in [6.07, 6.45) is -4.45. The molecule has 0 amide bonds. The summed E-state index contributed by atoms with van der Waals surface area (Å²) in [4.78, 5) is 10.4. The molecule has 15 heavy (non-hydrogen) atoms. The first-order valence-corrected chi connectivity index (χ1v) is 3.87. The third kappa shape index (κ3) is 2.43. The minimum Gasteiger partial charge on any atom is -0.298 e. The van der Waals surface area contributed by atoms with Gasteiger partial charge in [-0.2, -0.15) is 13.2 Å². The average molecular weight is 218 g/mol. The summed E-state index contributed by atoms with van der Waals surface area (Å²) in [6.45, 7) is 2.80. The van der Waals surface area contributed by atoms with Gasteiger partial charge in [-0.3, -0.25) is 4.79 Å². The van der Waals surface area contributed by atoms with Crippen LogP contribution < -0.4 is 0 Å². The van der Waals surface area contributed by atoms with Crippen molar-refractivity contribution in [1.29, 1.82) is 0 Å². The second-order valence-corrected chi connectivity index (χ2v) is 2.83. The Balaban J connectivity index is 3.29. The Kier molecular flexibility index (Phi) is 2.93. The van der Waals surface area contributed by atoms with Crippen molar-refractivity contribution in [3.05, 3.63) is 41.7 Å². The summed E-state index contributed by atoms with van der Waals surface area (Å²) in [5, 5.41) is 0. The van der Waals surface area contributed by atoms with E-state index in [2.05, 4.69) is 6.58 Å². The van der Waals surface area contributed by atoms with Crippen molar-refractivity contribution < 1.29 is 22.4 Å². The lowest BCUT2D eigenvalue weighted by molar-refractivity contribution is -0.0686. The first kappa shape index (κ1) is 11.4. The van der Waals surface area contributed by atoms with Gasteiger partial charge in [0.2, 0.25) is 0 Å². The maximum absolute atomic E-state index is 12.7. The molecule has 0 N–H and O–H groups in total. The average Bonchev–Trinajstić information content (AvgIpc) is 2.15. The summed E-state index contributed by atoms with van der Waals surface area (Å²) in [6, 6.07) is 2.53. The highest BCUT2D eigenvalue weighted by molar-refractivity contribution is 5.86. The smallest absolute Gasteiger partial charge is 0.298 e. The van der Waals surface area contributed by atoms with Gasteiger partial charge in [0, 0.05) is 5.56 Å². The van der Waals surface area contributed by atoms with Crippen LogP contribution in [0.5, 0.6) is 0 Å².